The van der Waals surface area contributed by atoms with Crippen LogP contribution in [0.3, 0.4) is 0 Å². The van der Waals surface area contributed by atoms with Crippen LogP contribution in [-0.4, -0.2) is 55.8 Å². The van der Waals surface area contributed by atoms with E-state index in [4.69, 9.17) is 4.74 Å². The molecule has 0 unspecified atom stereocenters. The van der Waals surface area contributed by atoms with Crippen molar-refractivity contribution < 1.29 is 19.1 Å². The maximum absolute atomic E-state index is 11.4. The van der Waals surface area contributed by atoms with Gasteiger partial charge >= 0.3 is 5.97 Å². The third kappa shape index (κ3) is 7.43. The number of thiazole rings is 1. The summed E-state index contributed by atoms with van der Waals surface area (Å²) in [6.45, 7) is 11.9. The Balaban J connectivity index is 0.000000322. The molecular formula is C15H25N3O4S. The Morgan fingerprint density at radius 1 is 1.43 bits per heavy atom. The maximum Gasteiger partial charge on any atom is 0.357 e. The molecule has 1 aliphatic heterocycles. The van der Waals surface area contributed by atoms with Crippen LogP contribution in [0.25, 0.3) is 0 Å². The van der Waals surface area contributed by atoms with Crippen molar-refractivity contribution in [3.8, 4) is 0 Å². The van der Waals surface area contributed by atoms with Gasteiger partial charge in [-0.1, -0.05) is 0 Å². The van der Waals surface area contributed by atoms with Crippen molar-refractivity contribution in [1.29, 1.82) is 0 Å². The van der Waals surface area contributed by atoms with Gasteiger partial charge in [-0.15, -0.1) is 11.3 Å². The highest BCUT2D eigenvalue weighted by molar-refractivity contribution is 7.13. The summed E-state index contributed by atoms with van der Waals surface area (Å²) in [4.78, 5) is 27.5. The number of nitrogens with one attached hydrogen (secondary N) is 1. The number of nitrogens with zero attached hydrogens (tertiary/aromatic N) is 2. The highest BCUT2D eigenvalue weighted by Gasteiger charge is 2.17. The highest BCUT2D eigenvalue weighted by Crippen LogP contribution is 2.21. The lowest BCUT2D eigenvalue weighted by Gasteiger charge is -2.26. The van der Waals surface area contributed by atoms with E-state index in [1.165, 1.54) is 11.3 Å². The summed E-state index contributed by atoms with van der Waals surface area (Å²) in [5, 5.41) is 5.94. The molecule has 2 heterocycles. The second-order valence-corrected chi connectivity index (χ2v) is 6.64. The van der Waals surface area contributed by atoms with E-state index < -0.39 is 0 Å². The number of rotatable bonds is 4. The standard InChI is InChI=1S/C10H15N3O2S.C5H10O2/c1-2-15-9(14)8-7-16-10(12-8)13-5-3-11-4-6-13;1-5(2,3)7-4-6/h7,11H,2-6H2,1H3;4H,1-3H3. The van der Waals surface area contributed by atoms with Crippen LogP contribution in [0.4, 0.5) is 5.13 Å². The molecule has 0 amide bonds. The molecule has 0 bridgehead atoms. The lowest BCUT2D eigenvalue weighted by atomic mass is 10.2. The third-order valence-corrected chi connectivity index (χ3v) is 3.67. The summed E-state index contributed by atoms with van der Waals surface area (Å²) in [7, 11) is 0. The predicted octanol–water partition coefficient (Wildman–Crippen LogP) is 1.69. The van der Waals surface area contributed by atoms with Crippen LogP contribution in [-0.2, 0) is 14.3 Å². The molecule has 1 N–H and O–H groups in total. The molecule has 0 spiro atoms. The minimum atomic E-state index is -0.333. The fourth-order valence-electron chi connectivity index (χ4n) is 1.71. The van der Waals surface area contributed by atoms with E-state index in [0.29, 0.717) is 18.8 Å². The summed E-state index contributed by atoms with van der Waals surface area (Å²) in [5.41, 5.74) is 0.0993. The van der Waals surface area contributed by atoms with Gasteiger partial charge in [0.25, 0.3) is 6.47 Å². The van der Waals surface area contributed by atoms with E-state index in [1.807, 2.05) is 20.8 Å². The molecule has 1 saturated heterocycles. The normalized spacial score (nSPS) is 14.5. The molecule has 0 radical (unpaired) electrons. The lowest BCUT2D eigenvalue weighted by Crippen LogP contribution is -2.43. The van der Waals surface area contributed by atoms with E-state index in [0.717, 1.165) is 31.3 Å². The second-order valence-electron chi connectivity index (χ2n) is 5.80. The van der Waals surface area contributed by atoms with Crippen LogP contribution in [0.2, 0.25) is 0 Å². The van der Waals surface area contributed by atoms with Crippen LogP contribution in [0.1, 0.15) is 38.2 Å². The van der Waals surface area contributed by atoms with Gasteiger partial charge in [0.05, 0.1) is 6.61 Å². The Kier molecular flexibility index (Phi) is 7.97. The molecule has 7 nitrogen and oxygen atoms in total. The summed E-state index contributed by atoms with van der Waals surface area (Å²) >= 11 is 1.50. The Morgan fingerprint density at radius 2 is 2.09 bits per heavy atom. The molecule has 8 heteroatoms. The van der Waals surface area contributed by atoms with Gasteiger partial charge in [0.2, 0.25) is 0 Å². The first-order valence-electron chi connectivity index (χ1n) is 7.57. The summed E-state index contributed by atoms with van der Waals surface area (Å²) in [6.07, 6.45) is 0. The minimum Gasteiger partial charge on any atom is -0.462 e. The van der Waals surface area contributed by atoms with Crippen molar-refractivity contribution in [2.45, 2.75) is 33.3 Å². The van der Waals surface area contributed by atoms with Gasteiger partial charge in [-0.05, 0) is 27.7 Å². The van der Waals surface area contributed by atoms with Crippen molar-refractivity contribution in [2.75, 3.05) is 37.7 Å². The number of carbonyl (C=O) groups is 2. The van der Waals surface area contributed by atoms with E-state index in [-0.39, 0.29) is 11.6 Å². The first kappa shape index (κ1) is 19.4. The van der Waals surface area contributed by atoms with Crippen molar-refractivity contribution in [3.63, 3.8) is 0 Å². The number of esters is 1. The second kappa shape index (κ2) is 9.46. The monoisotopic (exact) mass is 343 g/mol. The zero-order chi connectivity index (χ0) is 17.3. The first-order valence-corrected chi connectivity index (χ1v) is 8.45. The Morgan fingerprint density at radius 3 is 2.57 bits per heavy atom. The van der Waals surface area contributed by atoms with Gasteiger partial charge in [0.1, 0.15) is 5.60 Å². The molecule has 1 fully saturated rings. The van der Waals surface area contributed by atoms with Gasteiger partial charge in [0, 0.05) is 31.6 Å². The molecule has 23 heavy (non-hydrogen) atoms. The Bertz CT molecular complexity index is 493. The lowest BCUT2D eigenvalue weighted by molar-refractivity contribution is -0.138. The van der Waals surface area contributed by atoms with E-state index >= 15 is 0 Å². The average Bonchev–Trinajstić information content (AvgIpc) is 2.98. The molecule has 0 saturated carbocycles. The van der Waals surface area contributed by atoms with Gasteiger partial charge in [-0.3, -0.25) is 4.79 Å². The smallest absolute Gasteiger partial charge is 0.357 e. The van der Waals surface area contributed by atoms with Crippen molar-refractivity contribution in [3.05, 3.63) is 11.1 Å². The van der Waals surface area contributed by atoms with E-state index in [2.05, 4.69) is 19.9 Å². The zero-order valence-electron chi connectivity index (χ0n) is 14.1. The molecule has 130 valence electrons. The molecule has 0 aliphatic carbocycles. The predicted molar refractivity (Wildman–Crippen MR) is 90.1 cm³/mol. The quantitative estimate of drug-likeness (QED) is 0.658. The maximum atomic E-state index is 11.4. The van der Waals surface area contributed by atoms with Crippen molar-refractivity contribution >= 4 is 28.9 Å². The number of hydrogen-bond donors (Lipinski definition) is 1. The molecule has 1 aliphatic rings. The van der Waals surface area contributed by atoms with Crippen LogP contribution in [0.15, 0.2) is 5.38 Å². The summed E-state index contributed by atoms with van der Waals surface area (Å²) < 4.78 is 9.45. The first-order chi connectivity index (χ1) is 10.9. The fourth-order valence-corrected chi connectivity index (χ4v) is 2.56. The number of carbonyl (C=O) groups excluding carboxylic acids is 2. The van der Waals surface area contributed by atoms with Gasteiger partial charge in [-0.25, -0.2) is 9.78 Å². The van der Waals surface area contributed by atoms with Crippen LogP contribution in [0, 0.1) is 0 Å². The number of aromatic nitrogens is 1. The largest absolute Gasteiger partial charge is 0.462 e. The number of ether oxygens (including phenoxy) is 2. The van der Waals surface area contributed by atoms with E-state index in [1.54, 1.807) is 12.3 Å². The van der Waals surface area contributed by atoms with Crippen molar-refractivity contribution in [2.24, 2.45) is 0 Å². The van der Waals surface area contributed by atoms with Gasteiger partial charge in [0.15, 0.2) is 10.8 Å². The van der Waals surface area contributed by atoms with Crippen LogP contribution in [0.5, 0.6) is 0 Å². The average molecular weight is 343 g/mol. The SMILES string of the molecule is CC(C)(C)OC=O.CCOC(=O)c1csc(N2CCNCC2)n1. The molecule has 1 aromatic heterocycles. The Labute approximate surface area is 141 Å². The van der Waals surface area contributed by atoms with Gasteiger partial charge in [-0.2, -0.15) is 0 Å². The minimum absolute atomic E-state index is 0.318. The molecule has 0 atom stereocenters. The molecule has 1 aromatic rings. The zero-order valence-corrected chi connectivity index (χ0v) is 14.9. The topological polar surface area (TPSA) is 80.8 Å². The molecular weight excluding hydrogens is 318 g/mol. The molecule has 0 aromatic carbocycles. The van der Waals surface area contributed by atoms with Crippen LogP contribution >= 0.6 is 11.3 Å². The number of hydrogen-bond acceptors (Lipinski definition) is 8. The highest BCUT2D eigenvalue weighted by atomic mass is 32.1. The van der Waals surface area contributed by atoms with Gasteiger partial charge < -0.3 is 19.7 Å². The van der Waals surface area contributed by atoms with Crippen LogP contribution < -0.4 is 10.2 Å². The molecule has 2 rings (SSSR count). The summed E-state index contributed by atoms with van der Waals surface area (Å²) in [6, 6.07) is 0. The van der Waals surface area contributed by atoms with E-state index in [9.17, 15) is 9.59 Å². The number of anilines is 1. The number of piperazine rings is 1. The Hall–Kier alpha value is -1.67. The summed E-state index contributed by atoms with van der Waals surface area (Å²) in [5.74, 6) is -0.333. The fraction of sp³-hybridized carbons (Fsp3) is 0.667. The van der Waals surface area contributed by atoms with Crippen molar-refractivity contribution in [1.82, 2.24) is 10.3 Å². The third-order valence-electron chi connectivity index (χ3n) is 2.77.